The summed E-state index contributed by atoms with van der Waals surface area (Å²) in [4.78, 5) is 36.6. The Labute approximate surface area is 146 Å². The lowest BCUT2D eigenvalue weighted by Crippen LogP contribution is -2.43. The van der Waals surface area contributed by atoms with Gasteiger partial charge in [-0.15, -0.1) is 0 Å². The Morgan fingerprint density at radius 1 is 1.08 bits per heavy atom. The van der Waals surface area contributed by atoms with Crippen LogP contribution in [0.3, 0.4) is 0 Å². The fourth-order valence-electron chi connectivity index (χ4n) is 2.74. The molecule has 2 N–H and O–H groups in total. The number of aliphatic carboxylic acids is 1. The van der Waals surface area contributed by atoms with Crippen LogP contribution in [0.15, 0.2) is 53.5 Å². The Bertz CT molecular complexity index is 812. The van der Waals surface area contributed by atoms with Crippen LogP contribution < -0.4 is 10.9 Å². The van der Waals surface area contributed by atoms with Crippen LogP contribution in [-0.4, -0.2) is 21.6 Å². The SMILES string of the molecule is Cc1ccc(=O)n(C(C(=O)NC(C(=O)O)c2ccccc2)C(C)C)c1. The summed E-state index contributed by atoms with van der Waals surface area (Å²) in [5, 5.41) is 12.0. The van der Waals surface area contributed by atoms with Crippen molar-refractivity contribution in [3.8, 4) is 0 Å². The fourth-order valence-corrected chi connectivity index (χ4v) is 2.74. The van der Waals surface area contributed by atoms with Gasteiger partial charge in [0, 0.05) is 12.3 Å². The van der Waals surface area contributed by atoms with Crippen molar-refractivity contribution < 1.29 is 14.7 Å². The van der Waals surface area contributed by atoms with Gasteiger partial charge in [-0.25, -0.2) is 4.79 Å². The van der Waals surface area contributed by atoms with Gasteiger partial charge < -0.3 is 15.0 Å². The third-order valence-corrected chi connectivity index (χ3v) is 3.95. The molecule has 132 valence electrons. The first kappa shape index (κ1) is 18.4. The molecule has 0 aliphatic carbocycles. The van der Waals surface area contributed by atoms with Gasteiger partial charge >= 0.3 is 5.97 Å². The van der Waals surface area contributed by atoms with Crippen LogP contribution >= 0.6 is 0 Å². The normalized spacial score (nSPS) is 13.3. The molecule has 0 fully saturated rings. The van der Waals surface area contributed by atoms with E-state index in [4.69, 9.17) is 0 Å². The second kappa shape index (κ2) is 7.79. The molecule has 2 atom stereocenters. The van der Waals surface area contributed by atoms with Crippen LogP contribution in [-0.2, 0) is 9.59 Å². The van der Waals surface area contributed by atoms with E-state index in [1.54, 1.807) is 42.6 Å². The largest absolute Gasteiger partial charge is 0.479 e. The topological polar surface area (TPSA) is 88.4 Å². The number of rotatable bonds is 6. The number of carbonyl (C=O) groups excluding carboxylic acids is 1. The fraction of sp³-hybridized carbons (Fsp3) is 0.316. The molecule has 1 amide bonds. The van der Waals surface area contributed by atoms with Crippen LogP contribution in [0, 0.1) is 12.8 Å². The molecule has 6 heteroatoms. The summed E-state index contributed by atoms with van der Waals surface area (Å²) < 4.78 is 1.36. The lowest BCUT2D eigenvalue weighted by atomic mass is 10.0. The van der Waals surface area contributed by atoms with Crippen LogP contribution in [0.2, 0.25) is 0 Å². The van der Waals surface area contributed by atoms with Gasteiger partial charge in [0.05, 0.1) is 0 Å². The zero-order chi connectivity index (χ0) is 18.6. The molecule has 1 heterocycles. The van der Waals surface area contributed by atoms with Crippen LogP contribution in [0.25, 0.3) is 0 Å². The van der Waals surface area contributed by atoms with E-state index in [2.05, 4.69) is 5.32 Å². The zero-order valence-corrected chi connectivity index (χ0v) is 14.5. The first-order chi connectivity index (χ1) is 11.8. The van der Waals surface area contributed by atoms with Crippen molar-refractivity contribution in [2.75, 3.05) is 0 Å². The average Bonchev–Trinajstić information content (AvgIpc) is 2.56. The molecule has 0 saturated carbocycles. The van der Waals surface area contributed by atoms with E-state index >= 15 is 0 Å². The first-order valence-corrected chi connectivity index (χ1v) is 8.08. The minimum absolute atomic E-state index is 0.190. The number of pyridine rings is 1. The Kier molecular flexibility index (Phi) is 5.75. The molecule has 0 spiro atoms. The summed E-state index contributed by atoms with van der Waals surface area (Å²) in [6, 6.07) is 9.60. The van der Waals surface area contributed by atoms with E-state index in [1.807, 2.05) is 20.8 Å². The van der Waals surface area contributed by atoms with Crippen molar-refractivity contribution in [3.05, 3.63) is 70.1 Å². The lowest BCUT2D eigenvalue weighted by molar-refractivity contribution is -0.142. The van der Waals surface area contributed by atoms with E-state index in [0.717, 1.165) is 5.56 Å². The van der Waals surface area contributed by atoms with Crippen molar-refractivity contribution in [2.45, 2.75) is 32.9 Å². The number of nitrogens with zero attached hydrogens (tertiary/aromatic N) is 1. The number of carboxylic acid groups (broad SMARTS) is 1. The Hall–Kier alpha value is -2.89. The van der Waals surface area contributed by atoms with Crippen molar-refractivity contribution in [1.82, 2.24) is 9.88 Å². The number of nitrogens with one attached hydrogen (secondary N) is 1. The smallest absolute Gasteiger partial charge is 0.330 e. The third kappa shape index (κ3) is 4.35. The number of benzene rings is 1. The predicted molar refractivity (Wildman–Crippen MR) is 94.3 cm³/mol. The molecule has 0 aliphatic rings. The second-order valence-corrected chi connectivity index (χ2v) is 6.33. The quantitative estimate of drug-likeness (QED) is 0.843. The van der Waals surface area contributed by atoms with E-state index in [-0.39, 0.29) is 11.5 Å². The molecular formula is C19H22N2O4. The highest BCUT2D eigenvalue weighted by molar-refractivity contribution is 5.87. The van der Waals surface area contributed by atoms with E-state index in [0.29, 0.717) is 5.56 Å². The van der Waals surface area contributed by atoms with Gasteiger partial charge in [-0.1, -0.05) is 50.2 Å². The van der Waals surface area contributed by atoms with E-state index in [1.165, 1.54) is 10.6 Å². The molecular weight excluding hydrogens is 320 g/mol. The highest BCUT2D eigenvalue weighted by Gasteiger charge is 2.30. The maximum atomic E-state index is 12.8. The standard InChI is InChI=1S/C19H22N2O4/c1-12(2)17(21-11-13(3)9-10-15(21)22)18(23)20-16(19(24)25)14-7-5-4-6-8-14/h4-12,16-17H,1-3H3,(H,20,23)(H,24,25). The number of aromatic nitrogens is 1. The second-order valence-electron chi connectivity index (χ2n) is 6.33. The third-order valence-electron chi connectivity index (χ3n) is 3.95. The highest BCUT2D eigenvalue weighted by atomic mass is 16.4. The maximum absolute atomic E-state index is 12.8. The summed E-state index contributed by atoms with van der Waals surface area (Å²) in [5.41, 5.74) is 1.02. The number of carbonyl (C=O) groups is 2. The van der Waals surface area contributed by atoms with Gasteiger partial charge in [-0.05, 0) is 24.0 Å². The lowest BCUT2D eigenvalue weighted by Gasteiger charge is -2.25. The number of aryl methyl sites for hydroxylation is 1. The van der Waals surface area contributed by atoms with Gasteiger partial charge in [-0.2, -0.15) is 0 Å². The predicted octanol–water partition coefficient (Wildman–Crippen LogP) is 2.30. The highest BCUT2D eigenvalue weighted by Crippen LogP contribution is 2.20. The molecule has 25 heavy (non-hydrogen) atoms. The number of carboxylic acids is 1. The Balaban J connectivity index is 2.36. The van der Waals surface area contributed by atoms with Crippen LogP contribution in [0.4, 0.5) is 0 Å². The van der Waals surface area contributed by atoms with Crippen molar-refractivity contribution >= 4 is 11.9 Å². The van der Waals surface area contributed by atoms with Crippen molar-refractivity contribution in [1.29, 1.82) is 0 Å². The summed E-state index contributed by atoms with van der Waals surface area (Å²) in [6.45, 7) is 5.46. The van der Waals surface area contributed by atoms with Crippen molar-refractivity contribution in [3.63, 3.8) is 0 Å². The summed E-state index contributed by atoms with van der Waals surface area (Å²) >= 11 is 0. The number of amides is 1. The summed E-state index contributed by atoms with van der Waals surface area (Å²) in [5.74, 6) is -1.85. The monoisotopic (exact) mass is 342 g/mol. The molecule has 2 aromatic rings. The molecule has 2 rings (SSSR count). The zero-order valence-electron chi connectivity index (χ0n) is 14.5. The maximum Gasteiger partial charge on any atom is 0.330 e. The van der Waals surface area contributed by atoms with Gasteiger partial charge in [0.15, 0.2) is 6.04 Å². The van der Waals surface area contributed by atoms with Gasteiger partial charge in [0.1, 0.15) is 6.04 Å². The number of hydrogen-bond donors (Lipinski definition) is 2. The summed E-state index contributed by atoms with van der Waals surface area (Å²) in [6.07, 6.45) is 1.62. The molecule has 6 nitrogen and oxygen atoms in total. The molecule has 1 aromatic heterocycles. The van der Waals surface area contributed by atoms with Crippen LogP contribution in [0.5, 0.6) is 0 Å². The van der Waals surface area contributed by atoms with Crippen LogP contribution in [0.1, 0.15) is 37.1 Å². The van der Waals surface area contributed by atoms with Gasteiger partial charge in [0.2, 0.25) is 5.91 Å². The van der Waals surface area contributed by atoms with Gasteiger partial charge in [-0.3, -0.25) is 9.59 Å². The molecule has 0 bridgehead atoms. The summed E-state index contributed by atoms with van der Waals surface area (Å²) in [7, 11) is 0. The first-order valence-electron chi connectivity index (χ1n) is 8.08. The molecule has 0 radical (unpaired) electrons. The number of hydrogen-bond acceptors (Lipinski definition) is 3. The molecule has 0 saturated heterocycles. The minimum Gasteiger partial charge on any atom is -0.479 e. The molecule has 1 aromatic carbocycles. The van der Waals surface area contributed by atoms with E-state index < -0.39 is 24.0 Å². The Morgan fingerprint density at radius 3 is 2.28 bits per heavy atom. The van der Waals surface area contributed by atoms with E-state index in [9.17, 15) is 19.5 Å². The van der Waals surface area contributed by atoms with Crippen molar-refractivity contribution in [2.24, 2.45) is 5.92 Å². The molecule has 2 unspecified atom stereocenters. The molecule has 0 aliphatic heterocycles. The Morgan fingerprint density at radius 2 is 1.72 bits per heavy atom. The van der Waals surface area contributed by atoms with Gasteiger partial charge in [0.25, 0.3) is 5.56 Å². The minimum atomic E-state index is -1.17. The average molecular weight is 342 g/mol.